The molecule has 2 N–H and O–H groups in total. The Balaban J connectivity index is 1.50. The Labute approximate surface area is 159 Å². The van der Waals surface area contributed by atoms with E-state index in [-0.39, 0.29) is 17.9 Å². The maximum atomic E-state index is 12.8. The van der Waals surface area contributed by atoms with Crippen LogP contribution in [0.25, 0.3) is 11.1 Å². The van der Waals surface area contributed by atoms with Crippen LogP contribution in [0, 0.1) is 5.92 Å². The van der Waals surface area contributed by atoms with Crippen molar-refractivity contribution in [2.45, 2.75) is 25.8 Å². The third-order valence-electron chi connectivity index (χ3n) is 5.61. The van der Waals surface area contributed by atoms with Crippen LogP contribution in [-0.2, 0) is 4.79 Å². The van der Waals surface area contributed by atoms with Crippen LogP contribution in [0.3, 0.4) is 0 Å². The molecule has 3 saturated heterocycles. The summed E-state index contributed by atoms with van der Waals surface area (Å²) in [5, 5.41) is 6.04. The highest BCUT2D eigenvalue weighted by Crippen LogP contribution is 2.28. The molecule has 5 heteroatoms. The number of nitrogens with one attached hydrogen (secondary N) is 2. The van der Waals surface area contributed by atoms with E-state index in [1.807, 2.05) is 48.5 Å². The van der Waals surface area contributed by atoms with E-state index in [0.29, 0.717) is 11.5 Å². The zero-order chi connectivity index (χ0) is 18.8. The van der Waals surface area contributed by atoms with Gasteiger partial charge in [0.05, 0.1) is 0 Å². The van der Waals surface area contributed by atoms with Crippen LogP contribution in [0.1, 0.15) is 30.1 Å². The molecule has 5 rings (SSSR count). The second-order valence-corrected chi connectivity index (χ2v) is 7.56. The number of carbonyl (C=O) groups excluding carboxylic acids is 2. The molecule has 2 amide bonds. The molecule has 2 aromatic rings. The monoisotopic (exact) mass is 363 g/mol. The lowest BCUT2D eigenvalue weighted by molar-refractivity contribution is -0.114. The highest BCUT2D eigenvalue weighted by atomic mass is 16.2. The number of anilines is 1. The van der Waals surface area contributed by atoms with Crippen molar-refractivity contribution in [3.63, 3.8) is 0 Å². The normalized spacial score (nSPS) is 23.7. The second-order valence-electron chi connectivity index (χ2n) is 7.56. The fourth-order valence-corrected chi connectivity index (χ4v) is 4.20. The number of carbonyl (C=O) groups is 2. The highest BCUT2D eigenvalue weighted by molar-refractivity contribution is 5.96. The Kier molecular flexibility index (Phi) is 4.94. The predicted octanol–water partition coefficient (Wildman–Crippen LogP) is 3.14. The van der Waals surface area contributed by atoms with Crippen LogP contribution in [0.4, 0.5) is 5.69 Å². The summed E-state index contributed by atoms with van der Waals surface area (Å²) in [6.07, 6.45) is 2.36. The number of benzene rings is 2. The van der Waals surface area contributed by atoms with Crippen molar-refractivity contribution in [3.8, 4) is 11.1 Å². The van der Waals surface area contributed by atoms with E-state index in [0.717, 1.165) is 36.4 Å². The summed E-state index contributed by atoms with van der Waals surface area (Å²) in [5.41, 5.74) is 3.36. The predicted molar refractivity (Wildman–Crippen MR) is 107 cm³/mol. The van der Waals surface area contributed by atoms with Gasteiger partial charge in [-0.15, -0.1) is 0 Å². The molecule has 0 aliphatic carbocycles. The van der Waals surface area contributed by atoms with Crippen molar-refractivity contribution < 1.29 is 9.59 Å². The van der Waals surface area contributed by atoms with Gasteiger partial charge in [0.15, 0.2) is 0 Å². The molecule has 27 heavy (non-hydrogen) atoms. The van der Waals surface area contributed by atoms with Gasteiger partial charge in [-0.25, -0.2) is 0 Å². The van der Waals surface area contributed by atoms with Crippen LogP contribution >= 0.6 is 0 Å². The topological polar surface area (TPSA) is 61.4 Å². The standard InChI is InChI=1S/C22H25N3O2/c1-15(26)23-20-7-3-5-18(13-20)17-4-2-6-19(12-17)22(27)24-21-14-25-10-8-16(21)9-11-25/h2-7,12-13,16,21H,8-11,14H2,1H3,(H,23,26)(H,24,27). The molecule has 140 valence electrons. The average Bonchev–Trinajstić information content (AvgIpc) is 2.69. The van der Waals surface area contributed by atoms with Gasteiger partial charge in [-0.3, -0.25) is 9.59 Å². The van der Waals surface area contributed by atoms with Crippen LogP contribution < -0.4 is 10.6 Å². The number of rotatable bonds is 4. The summed E-state index contributed by atoms with van der Waals surface area (Å²) in [5.74, 6) is 0.503. The molecule has 5 nitrogen and oxygen atoms in total. The molecule has 2 aromatic carbocycles. The number of nitrogens with zero attached hydrogens (tertiary/aromatic N) is 1. The third kappa shape index (κ3) is 4.03. The Hall–Kier alpha value is -2.66. The second kappa shape index (κ2) is 7.53. The highest BCUT2D eigenvalue weighted by Gasteiger charge is 2.34. The molecule has 3 heterocycles. The Morgan fingerprint density at radius 3 is 2.37 bits per heavy atom. The van der Waals surface area contributed by atoms with Gasteiger partial charge in [-0.1, -0.05) is 24.3 Å². The summed E-state index contributed by atoms with van der Waals surface area (Å²) in [6.45, 7) is 4.79. The van der Waals surface area contributed by atoms with Crippen LogP contribution in [0.5, 0.6) is 0 Å². The molecule has 1 unspecified atom stereocenters. The minimum atomic E-state index is -0.0993. The van der Waals surface area contributed by atoms with Gasteiger partial charge in [-0.2, -0.15) is 0 Å². The fraction of sp³-hybridized carbons (Fsp3) is 0.364. The van der Waals surface area contributed by atoms with Crippen LogP contribution in [0.15, 0.2) is 48.5 Å². The lowest BCUT2D eigenvalue weighted by Crippen LogP contribution is -2.57. The van der Waals surface area contributed by atoms with E-state index >= 15 is 0 Å². The number of fused-ring (bicyclic) bond motifs is 3. The van der Waals surface area contributed by atoms with Crippen molar-refractivity contribution in [2.24, 2.45) is 5.92 Å². The molecule has 3 fully saturated rings. The van der Waals surface area contributed by atoms with E-state index in [2.05, 4.69) is 15.5 Å². The maximum absolute atomic E-state index is 12.8. The maximum Gasteiger partial charge on any atom is 0.251 e. The van der Waals surface area contributed by atoms with Crippen LogP contribution in [-0.4, -0.2) is 42.4 Å². The smallest absolute Gasteiger partial charge is 0.251 e. The summed E-state index contributed by atoms with van der Waals surface area (Å²) in [4.78, 5) is 26.5. The molecular formula is C22H25N3O2. The van der Waals surface area contributed by atoms with Gasteiger partial charge in [0.2, 0.25) is 5.91 Å². The van der Waals surface area contributed by atoms with Crippen molar-refractivity contribution in [1.29, 1.82) is 0 Å². The third-order valence-corrected chi connectivity index (χ3v) is 5.61. The summed E-state index contributed by atoms with van der Waals surface area (Å²) >= 11 is 0. The molecular weight excluding hydrogens is 338 g/mol. The SMILES string of the molecule is CC(=O)Nc1cccc(-c2cccc(C(=O)NC3CN4CCC3CC4)c2)c1. The van der Waals surface area contributed by atoms with Crippen molar-refractivity contribution in [2.75, 3.05) is 25.0 Å². The van der Waals surface area contributed by atoms with Gasteiger partial charge < -0.3 is 15.5 Å². The van der Waals surface area contributed by atoms with Gasteiger partial charge >= 0.3 is 0 Å². The van der Waals surface area contributed by atoms with Gasteiger partial charge in [0, 0.05) is 30.8 Å². The first-order valence-corrected chi connectivity index (χ1v) is 9.60. The Bertz CT molecular complexity index is 856. The molecule has 0 saturated carbocycles. The minimum Gasteiger partial charge on any atom is -0.348 e. The van der Waals surface area contributed by atoms with E-state index in [9.17, 15) is 9.59 Å². The first-order chi connectivity index (χ1) is 13.1. The lowest BCUT2D eigenvalue weighted by atomic mass is 9.84. The zero-order valence-corrected chi connectivity index (χ0v) is 15.6. The number of hydrogen-bond acceptors (Lipinski definition) is 3. The molecule has 2 bridgehead atoms. The average molecular weight is 363 g/mol. The van der Waals surface area contributed by atoms with Crippen molar-refractivity contribution in [3.05, 3.63) is 54.1 Å². The van der Waals surface area contributed by atoms with Crippen molar-refractivity contribution >= 4 is 17.5 Å². The van der Waals surface area contributed by atoms with Gasteiger partial charge in [0.1, 0.15) is 0 Å². The van der Waals surface area contributed by atoms with E-state index in [1.165, 1.54) is 19.8 Å². The molecule has 3 aliphatic heterocycles. The summed E-state index contributed by atoms with van der Waals surface area (Å²) in [6, 6.07) is 15.6. The van der Waals surface area contributed by atoms with E-state index in [1.54, 1.807) is 0 Å². The van der Waals surface area contributed by atoms with E-state index in [4.69, 9.17) is 0 Å². The van der Waals surface area contributed by atoms with Gasteiger partial charge in [-0.05, 0) is 67.2 Å². The molecule has 0 spiro atoms. The zero-order valence-electron chi connectivity index (χ0n) is 15.6. The quantitative estimate of drug-likeness (QED) is 0.877. The Morgan fingerprint density at radius 1 is 1.00 bits per heavy atom. The van der Waals surface area contributed by atoms with Crippen LogP contribution in [0.2, 0.25) is 0 Å². The van der Waals surface area contributed by atoms with E-state index < -0.39 is 0 Å². The Morgan fingerprint density at radius 2 is 1.70 bits per heavy atom. The number of hydrogen-bond donors (Lipinski definition) is 2. The number of piperidine rings is 3. The molecule has 0 aromatic heterocycles. The molecule has 3 aliphatic rings. The summed E-state index contributed by atoms with van der Waals surface area (Å²) < 4.78 is 0. The largest absolute Gasteiger partial charge is 0.348 e. The first-order valence-electron chi connectivity index (χ1n) is 9.60. The fourth-order valence-electron chi connectivity index (χ4n) is 4.20. The van der Waals surface area contributed by atoms with Gasteiger partial charge in [0.25, 0.3) is 5.91 Å². The number of amides is 2. The summed E-state index contributed by atoms with van der Waals surface area (Å²) in [7, 11) is 0. The lowest BCUT2D eigenvalue weighted by Gasteiger charge is -2.44. The first kappa shape index (κ1) is 17.7. The minimum absolute atomic E-state index is 0.00591. The van der Waals surface area contributed by atoms with Crippen molar-refractivity contribution in [1.82, 2.24) is 10.2 Å². The molecule has 0 radical (unpaired) electrons. The molecule has 1 atom stereocenters.